The van der Waals surface area contributed by atoms with Crippen molar-refractivity contribution >= 4 is 17.5 Å². The van der Waals surface area contributed by atoms with Crippen molar-refractivity contribution in [3.8, 4) is 0 Å². The summed E-state index contributed by atoms with van der Waals surface area (Å²) >= 11 is 0. The Balaban J connectivity index is 2.54. The number of hydrogen-bond donors (Lipinski definition) is 2. The lowest BCUT2D eigenvalue weighted by atomic mass is 10.1. The summed E-state index contributed by atoms with van der Waals surface area (Å²) in [5, 5.41) is 2.92. The molecule has 0 spiro atoms. The minimum absolute atomic E-state index is 0.0482. The Morgan fingerprint density at radius 2 is 1.86 bits per heavy atom. The molecule has 1 aromatic rings. The van der Waals surface area contributed by atoms with Gasteiger partial charge in [0.15, 0.2) is 13.1 Å². The lowest BCUT2D eigenvalue weighted by molar-refractivity contribution is -0.862. The summed E-state index contributed by atoms with van der Waals surface area (Å²) in [6.45, 7) is 8.53. The van der Waals surface area contributed by atoms with E-state index in [9.17, 15) is 9.59 Å². The second kappa shape index (κ2) is 7.94. The van der Waals surface area contributed by atoms with Gasteiger partial charge in [-0.05, 0) is 44.9 Å². The summed E-state index contributed by atoms with van der Waals surface area (Å²) in [5.74, 6) is -0.0294. The summed E-state index contributed by atoms with van der Waals surface area (Å²) < 4.78 is 0. The van der Waals surface area contributed by atoms with Gasteiger partial charge in [0.05, 0.1) is 7.05 Å². The van der Waals surface area contributed by atoms with Gasteiger partial charge in [0.1, 0.15) is 0 Å². The molecule has 0 fully saturated rings. The predicted molar refractivity (Wildman–Crippen MR) is 89.1 cm³/mol. The molecule has 22 heavy (non-hydrogen) atoms. The van der Waals surface area contributed by atoms with Crippen LogP contribution in [0.25, 0.3) is 0 Å². The molecule has 0 bridgehead atoms. The van der Waals surface area contributed by atoms with Crippen molar-refractivity contribution in [3.63, 3.8) is 0 Å². The van der Waals surface area contributed by atoms with Gasteiger partial charge in [-0.1, -0.05) is 12.1 Å². The first-order valence-corrected chi connectivity index (χ1v) is 7.65. The average Bonchev–Trinajstić information content (AvgIpc) is 2.42. The van der Waals surface area contributed by atoms with E-state index in [1.807, 2.05) is 52.9 Å². The van der Waals surface area contributed by atoms with Crippen LogP contribution in [0.3, 0.4) is 0 Å². The highest BCUT2D eigenvalue weighted by atomic mass is 16.2. The molecular formula is C17H28N3O2+. The molecule has 0 saturated carbocycles. The quantitative estimate of drug-likeness (QED) is 0.810. The molecule has 0 aromatic heterocycles. The van der Waals surface area contributed by atoms with Crippen LogP contribution in [-0.4, -0.2) is 49.9 Å². The van der Waals surface area contributed by atoms with Crippen molar-refractivity contribution in [1.82, 2.24) is 4.90 Å². The number of benzene rings is 1. The fourth-order valence-electron chi connectivity index (χ4n) is 2.09. The molecule has 1 rings (SSSR count). The van der Waals surface area contributed by atoms with Gasteiger partial charge >= 0.3 is 0 Å². The van der Waals surface area contributed by atoms with Crippen LogP contribution < -0.4 is 10.2 Å². The van der Waals surface area contributed by atoms with Crippen LogP contribution in [0.5, 0.6) is 0 Å². The standard InChI is InChI=1S/C17H27N3O2/c1-12(2)20(6)17(22)11-19(5)10-16(21)18-15-9-7-8-13(3)14(15)4/h7-9,12H,10-11H2,1-6H3,(H,18,21)/p+1. The van der Waals surface area contributed by atoms with Crippen molar-refractivity contribution in [2.75, 3.05) is 32.5 Å². The summed E-state index contributed by atoms with van der Waals surface area (Å²) in [5.41, 5.74) is 3.06. The van der Waals surface area contributed by atoms with Crippen LogP contribution in [-0.2, 0) is 9.59 Å². The zero-order valence-corrected chi connectivity index (χ0v) is 14.5. The Kier molecular flexibility index (Phi) is 6.56. The van der Waals surface area contributed by atoms with E-state index in [0.29, 0.717) is 6.54 Å². The fraction of sp³-hybridized carbons (Fsp3) is 0.529. The summed E-state index contributed by atoms with van der Waals surface area (Å²) in [7, 11) is 3.64. The lowest BCUT2D eigenvalue weighted by Crippen LogP contribution is -3.11. The van der Waals surface area contributed by atoms with Gasteiger partial charge in [0.2, 0.25) is 0 Å². The molecule has 1 aromatic carbocycles. The Hall–Kier alpha value is -1.88. The third-order valence-electron chi connectivity index (χ3n) is 3.96. The second-order valence-corrected chi connectivity index (χ2v) is 6.20. The van der Waals surface area contributed by atoms with Crippen LogP contribution in [0, 0.1) is 13.8 Å². The van der Waals surface area contributed by atoms with Gasteiger partial charge < -0.3 is 15.1 Å². The molecule has 0 aliphatic heterocycles. The lowest BCUT2D eigenvalue weighted by Gasteiger charge is -2.23. The SMILES string of the molecule is Cc1cccc(NC(=O)C[NH+](C)CC(=O)N(C)C(C)C)c1C. The predicted octanol–water partition coefficient (Wildman–Crippen LogP) is 0.623. The zero-order valence-electron chi connectivity index (χ0n) is 14.5. The van der Waals surface area contributed by atoms with Gasteiger partial charge in [-0.15, -0.1) is 0 Å². The molecule has 1 atom stereocenters. The van der Waals surface area contributed by atoms with E-state index in [4.69, 9.17) is 0 Å². The number of carbonyl (C=O) groups excluding carboxylic acids is 2. The van der Waals surface area contributed by atoms with Crippen LogP contribution in [0.2, 0.25) is 0 Å². The summed E-state index contributed by atoms with van der Waals surface area (Å²) in [6, 6.07) is 6.01. The minimum atomic E-state index is -0.0776. The number of rotatable bonds is 6. The van der Waals surface area contributed by atoms with Crippen molar-refractivity contribution in [2.24, 2.45) is 0 Å². The number of nitrogens with one attached hydrogen (secondary N) is 2. The number of likely N-dealkylation sites (N-methyl/N-ethyl adjacent to an activating group) is 2. The Labute approximate surface area is 133 Å². The van der Waals surface area contributed by atoms with Gasteiger partial charge in [-0.3, -0.25) is 9.59 Å². The maximum atomic E-state index is 12.1. The smallest absolute Gasteiger partial charge is 0.279 e. The van der Waals surface area contributed by atoms with Crippen molar-refractivity contribution < 1.29 is 14.5 Å². The number of aryl methyl sites for hydroxylation is 1. The molecule has 0 heterocycles. The van der Waals surface area contributed by atoms with Crippen LogP contribution in [0.4, 0.5) is 5.69 Å². The van der Waals surface area contributed by atoms with E-state index in [1.54, 1.807) is 11.9 Å². The number of nitrogens with zero attached hydrogens (tertiary/aromatic N) is 1. The molecule has 122 valence electrons. The Bertz CT molecular complexity index is 541. The van der Waals surface area contributed by atoms with Crippen molar-refractivity contribution in [1.29, 1.82) is 0 Å². The molecular weight excluding hydrogens is 278 g/mol. The average molecular weight is 306 g/mol. The normalized spacial score (nSPS) is 12.1. The number of anilines is 1. The summed E-state index contributed by atoms with van der Waals surface area (Å²) in [4.78, 5) is 26.7. The summed E-state index contributed by atoms with van der Waals surface area (Å²) in [6.07, 6.45) is 0. The van der Waals surface area contributed by atoms with Crippen LogP contribution >= 0.6 is 0 Å². The Morgan fingerprint density at radius 1 is 1.23 bits per heavy atom. The highest BCUT2D eigenvalue weighted by molar-refractivity contribution is 5.92. The van der Waals surface area contributed by atoms with Gasteiger partial charge in [0, 0.05) is 18.8 Å². The van der Waals surface area contributed by atoms with Crippen molar-refractivity contribution in [2.45, 2.75) is 33.7 Å². The highest BCUT2D eigenvalue weighted by Crippen LogP contribution is 2.17. The van der Waals surface area contributed by atoms with E-state index in [1.165, 1.54) is 0 Å². The number of quaternary nitrogens is 1. The maximum absolute atomic E-state index is 12.1. The van der Waals surface area contributed by atoms with E-state index in [-0.39, 0.29) is 24.4 Å². The number of carbonyl (C=O) groups is 2. The largest absolute Gasteiger partial charge is 0.338 e. The third kappa shape index (κ3) is 5.15. The zero-order chi connectivity index (χ0) is 16.9. The number of amides is 2. The van der Waals surface area contributed by atoms with Crippen LogP contribution in [0.15, 0.2) is 18.2 Å². The van der Waals surface area contributed by atoms with Gasteiger partial charge in [0.25, 0.3) is 11.8 Å². The molecule has 0 aliphatic carbocycles. The molecule has 0 radical (unpaired) electrons. The molecule has 2 amide bonds. The second-order valence-electron chi connectivity index (χ2n) is 6.20. The first-order chi connectivity index (χ1) is 10.2. The Morgan fingerprint density at radius 3 is 2.45 bits per heavy atom. The molecule has 0 aliphatic rings. The van der Waals surface area contributed by atoms with Gasteiger partial charge in [-0.25, -0.2) is 0 Å². The van der Waals surface area contributed by atoms with Crippen LogP contribution in [0.1, 0.15) is 25.0 Å². The number of hydrogen-bond acceptors (Lipinski definition) is 2. The minimum Gasteiger partial charge on any atom is -0.338 e. The van der Waals surface area contributed by atoms with E-state index >= 15 is 0 Å². The molecule has 0 saturated heterocycles. The van der Waals surface area contributed by atoms with E-state index in [0.717, 1.165) is 21.7 Å². The topological polar surface area (TPSA) is 53.9 Å². The molecule has 2 N–H and O–H groups in total. The van der Waals surface area contributed by atoms with E-state index in [2.05, 4.69) is 5.32 Å². The van der Waals surface area contributed by atoms with Crippen molar-refractivity contribution in [3.05, 3.63) is 29.3 Å². The molecule has 5 nitrogen and oxygen atoms in total. The third-order valence-corrected chi connectivity index (χ3v) is 3.96. The first kappa shape index (κ1) is 18.2. The monoisotopic (exact) mass is 306 g/mol. The van der Waals surface area contributed by atoms with E-state index < -0.39 is 0 Å². The molecule has 5 heteroatoms. The fourth-order valence-corrected chi connectivity index (χ4v) is 2.09. The molecule has 1 unspecified atom stereocenters. The first-order valence-electron chi connectivity index (χ1n) is 7.65. The van der Waals surface area contributed by atoms with Gasteiger partial charge in [-0.2, -0.15) is 0 Å². The highest BCUT2D eigenvalue weighted by Gasteiger charge is 2.19. The maximum Gasteiger partial charge on any atom is 0.279 e.